The van der Waals surface area contributed by atoms with Crippen molar-refractivity contribution >= 4 is 27.7 Å². The standard InChI is InChI=1S/C17H26BrNOS/c1-2-9-19-16(12-14-7-10-20-11-8-14)13-21-17-5-3-15(18)4-6-17/h3-6,14,16,19H,2,7-13H2,1H3. The Morgan fingerprint density at radius 1 is 1.29 bits per heavy atom. The van der Waals surface area contributed by atoms with Gasteiger partial charge in [0.25, 0.3) is 0 Å². The van der Waals surface area contributed by atoms with Crippen LogP contribution < -0.4 is 5.32 Å². The summed E-state index contributed by atoms with van der Waals surface area (Å²) < 4.78 is 6.62. The Hall–Kier alpha value is -0.0300. The van der Waals surface area contributed by atoms with E-state index >= 15 is 0 Å². The number of rotatable bonds is 8. The summed E-state index contributed by atoms with van der Waals surface area (Å²) >= 11 is 5.45. The predicted octanol–water partition coefficient (Wildman–Crippen LogP) is 4.73. The van der Waals surface area contributed by atoms with Crippen LogP contribution in [0.5, 0.6) is 0 Å². The van der Waals surface area contributed by atoms with Crippen LogP contribution in [0.1, 0.15) is 32.6 Å². The number of benzene rings is 1. The highest BCUT2D eigenvalue weighted by Crippen LogP contribution is 2.25. The van der Waals surface area contributed by atoms with Crippen molar-refractivity contribution in [3.8, 4) is 0 Å². The van der Waals surface area contributed by atoms with Crippen molar-refractivity contribution in [2.75, 3.05) is 25.5 Å². The SMILES string of the molecule is CCCNC(CSc1ccc(Br)cc1)CC1CCOCC1. The summed E-state index contributed by atoms with van der Waals surface area (Å²) in [7, 11) is 0. The molecular formula is C17H26BrNOS. The topological polar surface area (TPSA) is 21.3 Å². The maximum atomic E-state index is 5.47. The molecule has 1 heterocycles. The van der Waals surface area contributed by atoms with Crippen LogP contribution >= 0.6 is 27.7 Å². The van der Waals surface area contributed by atoms with Gasteiger partial charge in [0.1, 0.15) is 0 Å². The van der Waals surface area contributed by atoms with Crippen LogP contribution in [0.25, 0.3) is 0 Å². The second kappa shape index (κ2) is 9.88. The van der Waals surface area contributed by atoms with E-state index in [0.29, 0.717) is 6.04 Å². The highest BCUT2D eigenvalue weighted by Gasteiger charge is 2.19. The van der Waals surface area contributed by atoms with E-state index in [4.69, 9.17) is 4.74 Å². The molecule has 21 heavy (non-hydrogen) atoms. The quantitative estimate of drug-likeness (QED) is 0.667. The van der Waals surface area contributed by atoms with Crippen LogP contribution in [0.3, 0.4) is 0 Å². The van der Waals surface area contributed by atoms with Crippen molar-refractivity contribution in [1.82, 2.24) is 5.32 Å². The van der Waals surface area contributed by atoms with Gasteiger partial charge in [0, 0.05) is 34.4 Å². The number of nitrogens with one attached hydrogen (secondary N) is 1. The Morgan fingerprint density at radius 3 is 2.67 bits per heavy atom. The van der Waals surface area contributed by atoms with Crippen LogP contribution in [0, 0.1) is 5.92 Å². The van der Waals surface area contributed by atoms with E-state index in [1.54, 1.807) is 0 Å². The molecule has 0 aromatic heterocycles. The van der Waals surface area contributed by atoms with Crippen LogP contribution in [-0.4, -0.2) is 31.6 Å². The van der Waals surface area contributed by atoms with Gasteiger partial charge in [-0.05, 0) is 62.4 Å². The molecule has 1 atom stereocenters. The Bertz CT molecular complexity index is 392. The molecule has 2 rings (SSSR count). The van der Waals surface area contributed by atoms with Gasteiger partial charge in [0.05, 0.1) is 0 Å². The van der Waals surface area contributed by atoms with E-state index < -0.39 is 0 Å². The van der Waals surface area contributed by atoms with Gasteiger partial charge < -0.3 is 10.1 Å². The molecule has 1 aromatic carbocycles. The summed E-state index contributed by atoms with van der Waals surface area (Å²) in [5, 5.41) is 3.73. The van der Waals surface area contributed by atoms with Gasteiger partial charge in [-0.25, -0.2) is 0 Å². The van der Waals surface area contributed by atoms with Gasteiger partial charge >= 0.3 is 0 Å². The molecule has 1 N–H and O–H groups in total. The third-order valence-corrected chi connectivity index (χ3v) is 5.61. The van der Waals surface area contributed by atoms with Crippen LogP contribution in [0.2, 0.25) is 0 Å². The third kappa shape index (κ3) is 6.72. The van der Waals surface area contributed by atoms with Crippen molar-refractivity contribution in [1.29, 1.82) is 0 Å². The minimum atomic E-state index is 0.613. The summed E-state index contributed by atoms with van der Waals surface area (Å²) in [4.78, 5) is 1.36. The van der Waals surface area contributed by atoms with Crippen LogP contribution in [-0.2, 0) is 4.74 Å². The lowest BCUT2D eigenvalue weighted by Crippen LogP contribution is -2.35. The fourth-order valence-electron chi connectivity index (χ4n) is 2.67. The zero-order valence-corrected chi connectivity index (χ0v) is 15.2. The number of halogens is 1. The van der Waals surface area contributed by atoms with Crippen molar-refractivity contribution < 1.29 is 4.74 Å². The van der Waals surface area contributed by atoms with Crippen molar-refractivity contribution in [2.24, 2.45) is 5.92 Å². The Kier molecular flexibility index (Phi) is 8.15. The lowest BCUT2D eigenvalue weighted by molar-refractivity contribution is 0.0613. The van der Waals surface area contributed by atoms with Gasteiger partial charge in [0.15, 0.2) is 0 Å². The van der Waals surface area contributed by atoms with E-state index in [2.05, 4.69) is 52.4 Å². The number of hydrogen-bond donors (Lipinski definition) is 1. The van der Waals surface area contributed by atoms with Gasteiger partial charge in [-0.1, -0.05) is 22.9 Å². The monoisotopic (exact) mass is 371 g/mol. The van der Waals surface area contributed by atoms with Gasteiger partial charge in [-0.15, -0.1) is 11.8 Å². The van der Waals surface area contributed by atoms with E-state index in [9.17, 15) is 0 Å². The summed E-state index contributed by atoms with van der Waals surface area (Å²) in [5.41, 5.74) is 0. The van der Waals surface area contributed by atoms with Crippen molar-refractivity contribution in [2.45, 2.75) is 43.5 Å². The van der Waals surface area contributed by atoms with Crippen LogP contribution in [0.4, 0.5) is 0 Å². The summed E-state index contributed by atoms with van der Waals surface area (Å²) in [6.45, 7) is 5.26. The second-order valence-electron chi connectivity index (χ2n) is 5.71. The molecule has 0 aliphatic carbocycles. The number of hydrogen-bond acceptors (Lipinski definition) is 3. The second-order valence-corrected chi connectivity index (χ2v) is 7.72. The largest absolute Gasteiger partial charge is 0.381 e. The molecule has 0 amide bonds. The summed E-state index contributed by atoms with van der Waals surface area (Å²) in [6.07, 6.45) is 4.95. The zero-order valence-electron chi connectivity index (χ0n) is 12.8. The number of ether oxygens (including phenoxy) is 1. The first kappa shape index (κ1) is 17.3. The predicted molar refractivity (Wildman–Crippen MR) is 95.1 cm³/mol. The summed E-state index contributed by atoms with van der Waals surface area (Å²) in [6, 6.07) is 9.24. The van der Waals surface area contributed by atoms with Gasteiger partial charge in [-0.3, -0.25) is 0 Å². The zero-order chi connectivity index (χ0) is 14.9. The van der Waals surface area contributed by atoms with Crippen LogP contribution in [0.15, 0.2) is 33.6 Å². The third-order valence-electron chi connectivity index (χ3n) is 3.91. The molecule has 1 unspecified atom stereocenters. The fourth-order valence-corrected chi connectivity index (χ4v) is 3.91. The smallest absolute Gasteiger partial charge is 0.0468 e. The molecule has 0 radical (unpaired) electrons. The van der Waals surface area contributed by atoms with E-state index in [1.165, 1.54) is 30.6 Å². The Balaban J connectivity index is 1.81. The maximum absolute atomic E-state index is 5.47. The Labute approximate surface area is 141 Å². The maximum Gasteiger partial charge on any atom is 0.0468 e. The van der Waals surface area contributed by atoms with Crippen molar-refractivity contribution in [3.05, 3.63) is 28.7 Å². The fraction of sp³-hybridized carbons (Fsp3) is 0.647. The molecular weight excluding hydrogens is 346 g/mol. The molecule has 1 aliphatic heterocycles. The molecule has 118 valence electrons. The molecule has 1 aliphatic rings. The molecule has 0 spiro atoms. The number of thioether (sulfide) groups is 1. The minimum Gasteiger partial charge on any atom is -0.381 e. The summed E-state index contributed by atoms with van der Waals surface area (Å²) in [5.74, 6) is 1.98. The average molecular weight is 372 g/mol. The van der Waals surface area contributed by atoms with E-state index in [-0.39, 0.29) is 0 Å². The lowest BCUT2D eigenvalue weighted by Gasteiger charge is -2.27. The molecule has 4 heteroatoms. The molecule has 1 aromatic rings. The highest BCUT2D eigenvalue weighted by atomic mass is 79.9. The van der Waals surface area contributed by atoms with Crippen molar-refractivity contribution in [3.63, 3.8) is 0 Å². The molecule has 1 fully saturated rings. The molecule has 0 saturated carbocycles. The lowest BCUT2D eigenvalue weighted by atomic mass is 9.93. The first-order valence-electron chi connectivity index (χ1n) is 7.97. The normalized spacial score (nSPS) is 17.8. The Morgan fingerprint density at radius 2 is 2.00 bits per heavy atom. The highest BCUT2D eigenvalue weighted by molar-refractivity contribution is 9.10. The first-order valence-corrected chi connectivity index (χ1v) is 9.75. The van der Waals surface area contributed by atoms with Gasteiger partial charge in [-0.2, -0.15) is 0 Å². The minimum absolute atomic E-state index is 0.613. The van der Waals surface area contributed by atoms with E-state index in [0.717, 1.165) is 35.9 Å². The molecule has 1 saturated heterocycles. The van der Waals surface area contributed by atoms with Gasteiger partial charge in [0.2, 0.25) is 0 Å². The average Bonchev–Trinajstić information content (AvgIpc) is 2.52. The first-order chi connectivity index (χ1) is 10.3. The molecule has 0 bridgehead atoms. The van der Waals surface area contributed by atoms with E-state index in [1.807, 2.05) is 11.8 Å². The molecule has 2 nitrogen and oxygen atoms in total.